The topological polar surface area (TPSA) is 54.2 Å². The van der Waals surface area contributed by atoms with Crippen molar-refractivity contribution >= 4 is 29.9 Å². The van der Waals surface area contributed by atoms with Gasteiger partial charge in [0.15, 0.2) is 5.96 Å². The summed E-state index contributed by atoms with van der Waals surface area (Å²) in [5.74, 6) is 1.68. The van der Waals surface area contributed by atoms with E-state index in [1.54, 1.807) is 0 Å². The van der Waals surface area contributed by atoms with Gasteiger partial charge in [-0.2, -0.15) is 8.78 Å². The number of halogens is 3. The first-order valence-electron chi connectivity index (χ1n) is 8.86. The van der Waals surface area contributed by atoms with Crippen molar-refractivity contribution in [3.05, 3.63) is 18.2 Å². The Balaban J connectivity index is 0.00000576. The van der Waals surface area contributed by atoms with E-state index in [0.29, 0.717) is 5.96 Å². The lowest BCUT2D eigenvalue weighted by Gasteiger charge is -2.11. The van der Waals surface area contributed by atoms with Crippen LogP contribution in [0.3, 0.4) is 0 Å². The molecule has 0 unspecified atom stereocenters. The molecule has 0 fully saturated rings. The molecule has 0 saturated heterocycles. The summed E-state index contributed by atoms with van der Waals surface area (Å²) < 4.78 is 26.4. The van der Waals surface area contributed by atoms with Gasteiger partial charge in [0.2, 0.25) is 0 Å². The number of nitrogens with one attached hydrogen (secondary N) is 2. The largest absolute Gasteiger partial charge is 0.357 e. The highest BCUT2D eigenvalue weighted by Gasteiger charge is 2.10. The molecule has 1 rings (SSSR count). The first-order chi connectivity index (χ1) is 11.5. The van der Waals surface area contributed by atoms with Crippen LogP contribution in [0.5, 0.6) is 0 Å². The van der Waals surface area contributed by atoms with E-state index in [1.807, 2.05) is 6.92 Å². The van der Waals surface area contributed by atoms with Gasteiger partial charge in [0.05, 0.1) is 0 Å². The standard InChI is InChI=1S/C17H31F2N5.HI/c1-4-20-17(22-10-8-6-5-7-9-14(2)3)23-13-15-21-11-12-24(15)16(18)19;/h11-12,14,16H,4-10,13H2,1-3H3,(H2,20,22,23);1H. The summed E-state index contributed by atoms with van der Waals surface area (Å²) in [6.45, 7) is 5.57. The monoisotopic (exact) mass is 471 g/mol. The molecule has 0 aliphatic heterocycles. The number of aliphatic imine (C=N–C) groups is 1. The fourth-order valence-electron chi connectivity index (χ4n) is 2.37. The number of hydrogen-bond acceptors (Lipinski definition) is 2. The molecular weight excluding hydrogens is 439 g/mol. The molecule has 0 saturated carbocycles. The van der Waals surface area contributed by atoms with Crippen LogP contribution in [0.2, 0.25) is 0 Å². The van der Waals surface area contributed by atoms with Crippen molar-refractivity contribution in [3.8, 4) is 0 Å². The van der Waals surface area contributed by atoms with E-state index in [-0.39, 0.29) is 36.3 Å². The molecule has 0 amide bonds. The van der Waals surface area contributed by atoms with Crippen LogP contribution < -0.4 is 10.6 Å². The Morgan fingerprint density at radius 1 is 1.20 bits per heavy atom. The third-order valence-electron chi connectivity index (χ3n) is 3.68. The highest BCUT2D eigenvalue weighted by molar-refractivity contribution is 14.0. The molecule has 0 spiro atoms. The maximum atomic E-state index is 12.8. The van der Waals surface area contributed by atoms with Crippen molar-refractivity contribution in [2.75, 3.05) is 13.1 Å². The summed E-state index contributed by atoms with van der Waals surface area (Å²) in [5.41, 5.74) is 0. The Hall–Kier alpha value is -0.930. The summed E-state index contributed by atoms with van der Waals surface area (Å²) in [6.07, 6.45) is 8.72. The molecule has 8 heteroatoms. The first kappa shape index (κ1) is 24.1. The molecule has 2 N–H and O–H groups in total. The zero-order chi connectivity index (χ0) is 17.8. The van der Waals surface area contributed by atoms with Gasteiger partial charge in [-0.3, -0.25) is 4.57 Å². The zero-order valence-corrected chi connectivity index (χ0v) is 17.8. The molecule has 0 bridgehead atoms. The van der Waals surface area contributed by atoms with Gasteiger partial charge in [-0.15, -0.1) is 24.0 Å². The third-order valence-corrected chi connectivity index (χ3v) is 3.68. The maximum Gasteiger partial charge on any atom is 0.319 e. The molecule has 1 aromatic rings. The molecule has 0 radical (unpaired) electrons. The molecule has 0 aliphatic carbocycles. The van der Waals surface area contributed by atoms with Gasteiger partial charge in [-0.05, 0) is 19.3 Å². The van der Waals surface area contributed by atoms with E-state index in [4.69, 9.17) is 0 Å². The average molecular weight is 471 g/mol. The number of nitrogens with zero attached hydrogens (tertiary/aromatic N) is 3. The fraction of sp³-hybridized carbons (Fsp3) is 0.765. The Labute approximate surface area is 167 Å². The minimum Gasteiger partial charge on any atom is -0.357 e. The van der Waals surface area contributed by atoms with Crippen molar-refractivity contribution in [3.63, 3.8) is 0 Å². The first-order valence-corrected chi connectivity index (χ1v) is 8.86. The summed E-state index contributed by atoms with van der Waals surface area (Å²) >= 11 is 0. The molecule has 1 aromatic heterocycles. The van der Waals surface area contributed by atoms with Gasteiger partial charge in [0.1, 0.15) is 12.4 Å². The minimum absolute atomic E-state index is 0. The number of rotatable bonds is 11. The van der Waals surface area contributed by atoms with Crippen LogP contribution in [0.15, 0.2) is 17.4 Å². The number of aromatic nitrogens is 2. The summed E-state index contributed by atoms with van der Waals surface area (Å²) in [4.78, 5) is 8.27. The number of unbranched alkanes of at least 4 members (excludes halogenated alkanes) is 3. The second-order valence-electron chi connectivity index (χ2n) is 6.25. The normalized spacial score (nSPS) is 11.7. The van der Waals surface area contributed by atoms with Crippen molar-refractivity contribution in [1.29, 1.82) is 0 Å². The lowest BCUT2D eigenvalue weighted by Crippen LogP contribution is -2.37. The summed E-state index contributed by atoms with van der Waals surface area (Å²) in [5, 5.41) is 6.37. The Bertz CT molecular complexity index is 477. The van der Waals surface area contributed by atoms with Gasteiger partial charge >= 0.3 is 6.55 Å². The van der Waals surface area contributed by atoms with E-state index in [9.17, 15) is 8.78 Å². The van der Waals surface area contributed by atoms with Crippen molar-refractivity contribution in [2.45, 2.75) is 66.0 Å². The second kappa shape index (κ2) is 14.3. The lowest BCUT2D eigenvalue weighted by molar-refractivity contribution is 0.0671. The number of hydrogen-bond donors (Lipinski definition) is 2. The van der Waals surface area contributed by atoms with E-state index < -0.39 is 6.55 Å². The Morgan fingerprint density at radius 3 is 2.56 bits per heavy atom. The molecule has 5 nitrogen and oxygen atoms in total. The van der Waals surface area contributed by atoms with Crippen LogP contribution in [0.4, 0.5) is 8.78 Å². The van der Waals surface area contributed by atoms with E-state index in [1.165, 1.54) is 38.1 Å². The zero-order valence-electron chi connectivity index (χ0n) is 15.5. The Morgan fingerprint density at radius 2 is 1.92 bits per heavy atom. The van der Waals surface area contributed by atoms with Crippen LogP contribution in [-0.4, -0.2) is 28.6 Å². The molecule has 25 heavy (non-hydrogen) atoms. The van der Waals surface area contributed by atoms with E-state index in [0.717, 1.165) is 30.0 Å². The van der Waals surface area contributed by atoms with Crippen LogP contribution in [-0.2, 0) is 6.54 Å². The minimum atomic E-state index is -2.58. The highest BCUT2D eigenvalue weighted by atomic mass is 127. The summed E-state index contributed by atoms with van der Waals surface area (Å²) in [6, 6.07) is 0. The molecule has 1 heterocycles. The van der Waals surface area contributed by atoms with Crippen molar-refractivity contribution in [2.24, 2.45) is 10.9 Å². The molecule has 146 valence electrons. The quantitative estimate of drug-likeness (QED) is 0.215. The van der Waals surface area contributed by atoms with Gasteiger partial charge < -0.3 is 10.6 Å². The van der Waals surface area contributed by atoms with Gasteiger partial charge in [-0.1, -0.05) is 39.5 Å². The fourth-order valence-corrected chi connectivity index (χ4v) is 2.37. The van der Waals surface area contributed by atoms with Crippen molar-refractivity contribution < 1.29 is 8.78 Å². The van der Waals surface area contributed by atoms with Crippen LogP contribution in [0.1, 0.15) is 65.2 Å². The summed E-state index contributed by atoms with van der Waals surface area (Å²) in [7, 11) is 0. The van der Waals surface area contributed by atoms with Crippen LogP contribution in [0, 0.1) is 5.92 Å². The predicted octanol–water partition coefficient (Wildman–Crippen LogP) is 4.56. The van der Waals surface area contributed by atoms with Gasteiger partial charge in [-0.25, -0.2) is 9.98 Å². The van der Waals surface area contributed by atoms with E-state index >= 15 is 0 Å². The third kappa shape index (κ3) is 10.6. The molecule has 0 aromatic carbocycles. The Kier molecular flexibility index (Phi) is 13.7. The number of guanidine groups is 1. The smallest absolute Gasteiger partial charge is 0.319 e. The molecular formula is C17H32F2IN5. The van der Waals surface area contributed by atoms with Gasteiger partial charge in [0, 0.05) is 25.5 Å². The van der Waals surface area contributed by atoms with Gasteiger partial charge in [0.25, 0.3) is 0 Å². The highest BCUT2D eigenvalue weighted by Crippen LogP contribution is 2.12. The average Bonchev–Trinajstić information content (AvgIpc) is 3.00. The molecule has 0 atom stereocenters. The maximum absolute atomic E-state index is 12.8. The predicted molar refractivity (Wildman–Crippen MR) is 110 cm³/mol. The lowest BCUT2D eigenvalue weighted by atomic mass is 10.0. The molecule has 0 aliphatic rings. The van der Waals surface area contributed by atoms with E-state index in [2.05, 4.69) is 34.5 Å². The SMILES string of the molecule is CCNC(=NCc1nccn1C(F)F)NCCCCCCC(C)C.I. The number of alkyl halides is 2. The number of imidazole rings is 1. The van der Waals surface area contributed by atoms with Crippen molar-refractivity contribution in [1.82, 2.24) is 20.2 Å². The second-order valence-corrected chi connectivity index (χ2v) is 6.25. The van der Waals surface area contributed by atoms with Crippen LogP contribution in [0.25, 0.3) is 0 Å². The van der Waals surface area contributed by atoms with Crippen LogP contribution >= 0.6 is 24.0 Å².